The van der Waals surface area contributed by atoms with Gasteiger partial charge in [-0.15, -0.1) is 0 Å². The summed E-state index contributed by atoms with van der Waals surface area (Å²) < 4.78 is 40.9. The third-order valence-corrected chi connectivity index (χ3v) is 18.0. The van der Waals surface area contributed by atoms with Gasteiger partial charge in [-0.25, -0.2) is 34.5 Å². The fourth-order valence-corrected chi connectivity index (χ4v) is 11.4. The number of anilines is 5. The lowest BCUT2D eigenvalue weighted by Gasteiger charge is -2.28. The molecule has 103 heavy (non-hydrogen) atoms. The SMILES string of the molecule is C=c1nc2c(c(=O)[nH]1)=Nc1cc(C)c(C)cc1N2CC(=O)NCCP(=O)(OCOC(=O)C(C)(C)C)OCOC(=O)C(C)(C)C.C=c1nc2c(c(=O)[nH]1)=Nc1cc(C)c(C)cc1N2CCNc1ccc(C(=O)O)cc1.CCOC(=O)CCCNCCn1c2nc(=O)[nH]c(=O)c-2nc2cc(C)c(C)cc21. The van der Waals surface area contributed by atoms with Gasteiger partial charge < -0.3 is 59.6 Å². The van der Waals surface area contributed by atoms with Gasteiger partial charge in [0.1, 0.15) is 17.5 Å². The smallest absolute Gasteiger partial charge is 0.349 e. The van der Waals surface area contributed by atoms with Crippen molar-refractivity contribution in [3.05, 3.63) is 163 Å². The highest BCUT2D eigenvalue weighted by Crippen LogP contribution is 2.48. The molecule has 0 saturated carbocycles. The van der Waals surface area contributed by atoms with Gasteiger partial charge >= 0.3 is 37.2 Å². The summed E-state index contributed by atoms with van der Waals surface area (Å²) in [5.41, 5.74) is 8.29. The van der Waals surface area contributed by atoms with E-state index in [1.807, 2.05) is 87.4 Å². The number of amides is 1. The number of nitrogens with zero attached hydrogens (tertiary/aromatic N) is 9. The predicted octanol–water partition coefficient (Wildman–Crippen LogP) is 5.78. The van der Waals surface area contributed by atoms with Crippen LogP contribution in [0.3, 0.4) is 0 Å². The number of aryl methyl sites for hydroxylation is 6. The number of hydrogen-bond donors (Lipinski definition) is 7. The first kappa shape index (κ1) is 77.9. The number of H-pyrrole nitrogens is 3. The van der Waals surface area contributed by atoms with Gasteiger partial charge in [0.15, 0.2) is 33.9 Å². The van der Waals surface area contributed by atoms with Gasteiger partial charge in [-0.2, -0.15) is 4.98 Å². The van der Waals surface area contributed by atoms with Gasteiger partial charge in [0.05, 0.1) is 62.9 Å². The molecule has 0 atom stereocenters. The maximum absolute atomic E-state index is 13.5. The number of aromatic amines is 3. The average Bonchev–Trinajstić information content (AvgIpc) is 0.769. The Labute approximate surface area is 591 Å². The van der Waals surface area contributed by atoms with E-state index in [1.165, 1.54) is 0 Å². The molecular formula is C71H86N15O16P. The van der Waals surface area contributed by atoms with E-state index in [-0.39, 0.29) is 75.4 Å². The zero-order valence-electron chi connectivity index (χ0n) is 59.9. The summed E-state index contributed by atoms with van der Waals surface area (Å²) in [6, 6.07) is 18.2. The third-order valence-electron chi connectivity index (χ3n) is 16.3. The van der Waals surface area contributed by atoms with Gasteiger partial charge in [0.25, 0.3) is 16.7 Å². The maximum atomic E-state index is 13.5. The van der Waals surface area contributed by atoms with Crippen LogP contribution in [0, 0.1) is 52.4 Å². The van der Waals surface area contributed by atoms with E-state index in [0.29, 0.717) is 74.9 Å². The number of rotatable bonds is 24. The van der Waals surface area contributed by atoms with Gasteiger partial charge in [0.2, 0.25) is 19.5 Å². The Bertz CT molecular complexity index is 5040. The molecule has 0 aliphatic carbocycles. The highest BCUT2D eigenvalue weighted by Gasteiger charge is 2.32. The fourth-order valence-electron chi connectivity index (χ4n) is 10.3. The molecule has 0 fully saturated rings. The second-order valence-electron chi connectivity index (χ2n) is 26.4. The lowest BCUT2D eigenvalue weighted by molar-refractivity contribution is -0.162. The molecule has 0 radical (unpaired) electrons. The van der Waals surface area contributed by atoms with Crippen LogP contribution in [-0.4, -0.2) is 140 Å². The van der Waals surface area contributed by atoms with Crippen molar-refractivity contribution in [3.63, 3.8) is 0 Å². The van der Waals surface area contributed by atoms with Crippen LogP contribution in [0.4, 0.5) is 40.1 Å². The molecule has 0 unspecified atom stereocenters. The number of carbonyl (C=O) groups excluding carboxylic acids is 4. The van der Waals surface area contributed by atoms with Crippen molar-refractivity contribution < 1.29 is 56.9 Å². The number of benzene rings is 4. The monoisotopic (exact) mass is 1440 g/mol. The molecule has 32 heteroatoms. The lowest BCUT2D eigenvalue weighted by Crippen LogP contribution is -2.45. The first-order valence-corrected chi connectivity index (χ1v) is 34.8. The molecule has 0 bridgehead atoms. The Kier molecular flexibility index (Phi) is 25.2. The molecule has 6 heterocycles. The van der Waals surface area contributed by atoms with Crippen LogP contribution < -0.4 is 69.8 Å². The molecule has 546 valence electrons. The first-order valence-electron chi connectivity index (χ1n) is 33.0. The Morgan fingerprint density at radius 3 is 1.68 bits per heavy atom. The molecule has 2 aromatic heterocycles. The molecule has 0 spiro atoms. The summed E-state index contributed by atoms with van der Waals surface area (Å²) in [5, 5.41) is 18.5. The summed E-state index contributed by atoms with van der Waals surface area (Å²) in [6.07, 6.45) is 0.701. The normalized spacial score (nSPS) is 12.2. The van der Waals surface area contributed by atoms with Crippen LogP contribution in [0.25, 0.3) is 35.7 Å². The zero-order valence-corrected chi connectivity index (χ0v) is 60.8. The van der Waals surface area contributed by atoms with Crippen LogP contribution in [0.2, 0.25) is 0 Å². The van der Waals surface area contributed by atoms with Crippen molar-refractivity contribution in [2.45, 2.75) is 109 Å². The standard InChI is InChI=1S/C29H40N5O9P.C22H21N5O3.C20H25N5O4/c1-17-12-20-21(13-18(17)2)34(24-23(33-20)25(36)32-19(3)31-24)14-22(35)30-10-11-44(39,42-15-40-26(37)28(4,5)6)43-16-41-27(38)29(7,8)9;1-12-10-17-18(11-13(12)2)27(20-19(26-17)21(28)25-14(3)24-20)9-8-23-16-6-4-15(5-7-16)22(29)30;1-4-29-16(26)6-5-7-21-8-9-25-15-11-13(3)12(2)10-14(15)22-17-18(25)23-20(28)24-19(17)27/h12-13H,3,10-11,14-16H2,1-2,4-9H3,(H,30,35)(H,32,36);4-7,10-11,23H,3,8-9H2,1-2H3,(H,25,28)(H,29,30);10-11,21H,4-9H2,1-3H3,(H,24,27,28). The first-order chi connectivity index (χ1) is 48.5. The minimum atomic E-state index is -4.03. The van der Waals surface area contributed by atoms with Crippen LogP contribution in [-0.2, 0) is 53.5 Å². The topological polar surface area (TPSA) is 408 Å². The van der Waals surface area contributed by atoms with Crippen molar-refractivity contribution in [3.8, 4) is 11.5 Å². The summed E-state index contributed by atoms with van der Waals surface area (Å²) >= 11 is 0. The third kappa shape index (κ3) is 20.0. The number of aromatic carboxylic acids is 1. The summed E-state index contributed by atoms with van der Waals surface area (Å²) in [7, 11) is -4.03. The van der Waals surface area contributed by atoms with Gasteiger partial charge in [-0.05, 0) is 197 Å². The van der Waals surface area contributed by atoms with E-state index < -0.39 is 72.6 Å². The summed E-state index contributed by atoms with van der Waals surface area (Å²) in [5.74, 6) is -1.93. The molecule has 4 aliphatic heterocycles. The van der Waals surface area contributed by atoms with Crippen molar-refractivity contribution in [1.82, 2.24) is 50.1 Å². The summed E-state index contributed by atoms with van der Waals surface area (Å²) in [6.45, 7) is 32.4. The molecule has 6 aromatic rings. The average molecular weight is 1440 g/mol. The zero-order chi connectivity index (χ0) is 75.4. The number of esters is 3. The molecule has 7 N–H and O–H groups in total. The Balaban J connectivity index is 0.000000202. The minimum Gasteiger partial charge on any atom is -0.478 e. The predicted molar refractivity (Wildman–Crippen MR) is 387 cm³/mol. The molecule has 4 aromatic carbocycles. The largest absolute Gasteiger partial charge is 0.478 e. The van der Waals surface area contributed by atoms with Crippen molar-refractivity contribution in [2.24, 2.45) is 20.8 Å². The van der Waals surface area contributed by atoms with Crippen molar-refractivity contribution >= 4 is 102 Å². The van der Waals surface area contributed by atoms with Crippen molar-refractivity contribution in [2.75, 3.05) is 80.7 Å². The molecule has 0 saturated heterocycles. The second-order valence-corrected chi connectivity index (χ2v) is 28.6. The van der Waals surface area contributed by atoms with E-state index in [9.17, 15) is 47.7 Å². The minimum absolute atomic E-state index is 0.0434. The number of ether oxygens (including phenoxy) is 3. The number of carboxylic acids is 1. The van der Waals surface area contributed by atoms with Crippen LogP contribution in [0.1, 0.15) is 105 Å². The van der Waals surface area contributed by atoms with E-state index in [1.54, 1.807) is 77.6 Å². The second kappa shape index (κ2) is 33.3. The molecule has 1 amide bonds. The van der Waals surface area contributed by atoms with E-state index >= 15 is 0 Å². The number of fused-ring (bicyclic) bond motifs is 6. The Morgan fingerprint density at radius 1 is 0.612 bits per heavy atom. The number of carbonyl (C=O) groups is 5. The Morgan fingerprint density at radius 2 is 1.14 bits per heavy atom. The fraction of sp³-hybridized carbons (Fsp3) is 0.394. The van der Waals surface area contributed by atoms with E-state index in [4.69, 9.17) is 28.4 Å². The van der Waals surface area contributed by atoms with E-state index in [0.717, 1.165) is 56.0 Å². The Hall–Kier alpha value is -10.9. The van der Waals surface area contributed by atoms with E-state index in [2.05, 4.69) is 74.0 Å². The van der Waals surface area contributed by atoms with Crippen LogP contribution in [0.5, 0.6) is 0 Å². The number of hydrogen-bond acceptors (Lipinski definition) is 25. The molecule has 10 rings (SSSR count). The van der Waals surface area contributed by atoms with Gasteiger partial charge in [0, 0.05) is 44.8 Å². The van der Waals surface area contributed by atoms with Gasteiger partial charge in [-0.1, -0.05) is 13.2 Å². The lowest BCUT2D eigenvalue weighted by atomic mass is 9.98. The molecular weight excluding hydrogens is 1350 g/mol. The van der Waals surface area contributed by atoms with Crippen LogP contribution >= 0.6 is 7.60 Å². The summed E-state index contributed by atoms with van der Waals surface area (Å²) in [4.78, 5) is 146. The number of carboxylic acid groups (broad SMARTS) is 1. The molecule has 31 nitrogen and oxygen atoms in total. The number of nitrogens with one attached hydrogen (secondary N) is 6. The molecule has 4 aliphatic rings. The highest BCUT2D eigenvalue weighted by molar-refractivity contribution is 7.53. The van der Waals surface area contributed by atoms with Crippen molar-refractivity contribution in [1.29, 1.82) is 0 Å². The van der Waals surface area contributed by atoms with Gasteiger partial charge in [-0.3, -0.25) is 52.2 Å². The number of aromatic nitrogens is 8. The van der Waals surface area contributed by atoms with Crippen LogP contribution in [0.15, 0.2) is 89.8 Å². The maximum Gasteiger partial charge on any atom is 0.349 e. The highest BCUT2D eigenvalue weighted by atomic mass is 31.2. The quantitative estimate of drug-likeness (QED) is 0.00941.